The van der Waals surface area contributed by atoms with Crippen molar-refractivity contribution in [3.05, 3.63) is 47.4 Å². The van der Waals surface area contributed by atoms with Crippen molar-refractivity contribution in [2.45, 2.75) is 51.5 Å². The van der Waals surface area contributed by atoms with E-state index < -0.39 is 11.7 Å². The second-order valence-corrected chi connectivity index (χ2v) is 12.4. The minimum Gasteiger partial charge on any atom is -0.444 e. The summed E-state index contributed by atoms with van der Waals surface area (Å²) in [5.74, 6) is 0.526. The number of ether oxygens (including phenoxy) is 1. The van der Waals surface area contributed by atoms with Crippen LogP contribution in [0.3, 0.4) is 0 Å². The fraction of sp³-hybridized carbons (Fsp3) is 0.500. The van der Waals surface area contributed by atoms with E-state index >= 15 is 0 Å². The van der Waals surface area contributed by atoms with Gasteiger partial charge in [0.1, 0.15) is 5.60 Å². The highest BCUT2D eigenvalue weighted by molar-refractivity contribution is 8.76. The van der Waals surface area contributed by atoms with E-state index in [0.717, 1.165) is 17.7 Å². The molecule has 0 atom stereocenters. The van der Waals surface area contributed by atoms with Crippen LogP contribution < -0.4 is 16.0 Å². The number of nitrogens with zero attached hydrogens (tertiary/aromatic N) is 2. The molecule has 0 aliphatic heterocycles. The van der Waals surface area contributed by atoms with E-state index in [2.05, 4.69) is 41.0 Å². The first kappa shape index (κ1) is 30.5. The molecule has 3 N–H and O–H groups in total. The number of carbonyl (C=O) groups excluding carboxylic acids is 3. The summed E-state index contributed by atoms with van der Waals surface area (Å²) in [6.45, 7) is 11.0. The highest BCUT2D eigenvalue weighted by Gasteiger charge is 2.20. The van der Waals surface area contributed by atoms with Crippen molar-refractivity contribution in [2.24, 2.45) is 7.05 Å². The van der Waals surface area contributed by atoms with Crippen LogP contribution in [-0.2, 0) is 18.3 Å². The van der Waals surface area contributed by atoms with Gasteiger partial charge in [-0.1, -0.05) is 33.7 Å². The molecule has 0 radical (unpaired) electrons. The molecule has 0 aliphatic carbocycles. The van der Waals surface area contributed by atoms with Crippen molar-refractivity contribution in [3.8, 4) is 0 Å². The third-order valence-corrected chi connectivity index (χ3v) is 6.82. The molecular formula is C24H37N5O4S2. The zero-order chi connectivity index (χ0) is 26.6. The maximum absolute atomic E-state index is 12.1. The van der Waals surface area contributed by atoms with Crippen LogP contribution in [0.15, 0.2) is 30.5 Å². The lowest BCUT2D eigenvalue weighted by Gasteiger charge is -2.22. The van der Waals surface area contributed by atoms with Gasteiger partial charge in [-0.15, -0.1) is 0 Å². The minimum atomic E-state index is -0.594. The number of aryl methyl sites for hydroxylation is 1. The van der Waals surface area contributed by atoms with Crippen molar-refractivity contribution in [1.82, 2.24) is 20.2 Å². The number of hydrogen-bond acceptors (Lipinski definition) is 8. The Kier molecular flexibility index (Phi) is 12.3. The van der Waals surface area contributed by atoms with Gasteiger partial charge in [0, 0.05) is 36.6 Å². The van der Waals surface area contributed by atoms with Gasteiger partial charge in [0.15, 0.2) is 17.9 Å². The maximum atomic E-state index is 12.1. The molecule has 35 heavy (non-hydrogen) atoms. The zero-order valence-electron chi connectivity index (χ0n) is 21.7. The average Bonchev–Trinajstić information content (AvgIpc) is 3.10. The van der Waals surface area contributed by atoms with Crippen LogP contribution in [-0.4, -0.2) is 58.0 Å². The zero-order valence-corrected chi connectivity index (χ0v) is 23.4. The van der Waals surface area contributed by atoms with Crippen LogP contribution in [0.2, 0.25) is 0 Å². The van der Waals surface area contributed by atoms with Crippen LogP contribution in [0, 0.1) is 0 Å². The highest BCUT2D eigenvalue weighted by atomic mass is 33.1. The van der Waals surface area contributed by atoms with E-state index in [1.54, 1.807) is 49.4 Å². The minimum absolute atomic E-state index is 0.00673. The van der Waals surface area contributed by atoms with E-state index in [4.69, 9.17) is 4.74 Å². The first-order valence-corrected chi connectivity index (χ1v) is 13.6. The van der Waals surface area contributed by atoms with Gasteiger partial charge in [0.25, 0.3) is 5.91 Å². The Hall–Kier alpha value is -2.50. The monoisotopic (exact) mass is 523 g/mol. The Morgan fingerprint density at radius 1 is 1.20 bits per heavy atom. The van der Waals surface area contributed by atoms with Crippen molar-refractivity contribution in [2.75, 3.05) is 25.2 Å². The van der Waals surface area contributed by atoms with Crippen LogP contribution in [0.25, 0.3) is 0 Å². The first-order chi connectivity index (χ1) is 16.3. The number of amides is 2. The summed E-state index contributed by atoms with van der Waals surface area (Å²) >= 11 is 0. The number of imidazole rings is 1. The molecule has 0 unspecified atom stereocenters. The maximum Gasteiger partial charge on any atom is 0.413 e. The standard InChI is InChI=1S/C14H22N2OS2.C10H15N3O3/c1-14(2,19-18-4)10-16-13(17)12-7-5-6-11(8-12)9-15-3;1-10(2,3)16-9(15)12-7-5-13(4)8(6-14)11-7/h5-8,15H,9-10H2,1-4H3,(H,16,17);5-6H,1-4H3,(H,12,15). The molecule has 194 valence electrons. The first-order valence-electron chi connectivity index (χ1n) is 11.0. The topological polar surface area (TPSA) is 114 Å². The summed E-state index contributed by atoms with van der Waals surface area (Å²) in [6.07, 6.45) is 3.60. The lowest BCUT2D eigenvalue weighted by atomic mass is 10.1. The predicted molar refractivity (Wildman–Crippen MR) is 145 cm³/mol. The van der Waals surface area contributed by atoms with Gasteiger partial charge < -0.3 is 19.9 Å². The number of hydrogen-bond donors (Lipinski definition) is 3. The molecule has 1 aromatic heterocycles. The van der Waals surface area contributed by atoms with E-state index in [1.165, 1.54) is 10.8 Å². The molecule has 11 heteroatoms. The summed E-state index contributed by atoms with van der Waals surface area (Å²) in [4.78, 5) is 37.9. The Balaban J connectivity index is 0.000000355. The summed E-state index contributed by atoms with van der Waals surface area (Å²) in [5, 5.41) is 8.53. The van der Waals surface area contributed by atoms with Gasteiger partial charge in [0.05, 0.1) is 0 Å². The summed E-state index contributed by atoms with van der Waals surface area (Å²) < 4.78 is 6.59. The summed E-state index contributed by atoms with van der Waals surface area (Å²) in [7, 11) is 7.06. The SMILES string of the molecule is CNCc1cccc(C(=O)NCC(C)(C)SSC)c1.Cn1cc(NC(=O)OC(C)(C)C)nc1C=O. The number of nitrogens with one attached hydrogen (secondary N) is 3. The van der Waals surface area contributed by atoms with Crippen LogP contribution in [0.5, 0.6) is 0 Å². The molecule has 1 aromatic carbocycles. The third-order valence-electron chi connectivity index (χ3n) is 4.20. The largest absolute Gasteiger partial charge is 0.444 e. The quantitative estimate of drug-likeness (QED) is 0.325. The second-order valence-electron chi connectivity index (χ2n) is 9.26. The Bertz CT molecular complexity index is 987. The molecule has 0 saturated heterocycles. The van der Waals surface area contributed by atoms with Gasteiger partial charge in [-0.05, 0) is 65.6 Å². The summed E-state index contributed by atoms with van der Waals surface area (Å²) in [6, 6.07) is 7.72. The molecule has 0 bridgehead atoms. The fourth-order valence-electron chi connectivity index (χ4n) is 2.74. The lowest BCUT2D eigenvalue weighted by Crippen LogP contribution is -2.35. The molecule has 1 heterocycles. The van der Waals surface area contributed by atoms with Crippen molar-refractivity contribution in [1.29, 1.82) is 0 Å². The van der Waals surface area contributed by atoms with Crippen molar-refractivity contribution < 1.29 is 19.1 Å². The van der Waals surface area contributed by atoms with Crippen LogP contribution >= 0.6 is 21.6 Å². The molecule has 2 aromatic rings. The normalized spacial score (nSPS) is 11.2. The van der Waals surface area contributed by atoms with Gasteiger partial charge in [0.2, 0.25) is 0 Å². The molecule has 0 saturated carbocycles. The molecule has 9 nitrogen and oxygen atoms in total. The molecule has 0 spiro atoms. The molecular weight excluding hydrogens is 486 g/mol. The van der Waals surface area contributed by atoms with Gasteiger partial charge in [-0.3, -0.25) is 14.9 Å². The number of anilines is 1. The van der Waals surface area contributed by atoms with Crippen molar-refractivity contribution >= 4 is 45.7 Å². The van der Waals surface area contributed by atoms with Gasteiger partial charge >= 0.3 is 6.09 Å². The predicted octanol–water partition coefficient (Wildman–Crippen LogP) is 4.51. The van der Waals surface area contributed by atoms with E-state index in [1.807, 2.05) is 31.3 Å². The van der Waals surface area contributed by atoms with Crippen molar-refractivity contribution in [3.63, 3.8) is 0 Å². The smallest absolute Gasteiger partial charge is 0.413 e. The number of aromatic nitrogens is 2. The van der Waals surface area contributed by atoms with Crippen LogP contribution in [0.1, 0.15) is 61.2 Å². The molecule has 0 aliphatic rings. The van der Waals surface area contributed by atoms with Gasteiger partial charge in [-0.25, -0.2) is 9.78 Å². The Morgan fingerprint density at radius 3 is 2.43 bits per heavy atom. The van der Waals surface area contributed by atoms with E-state index in [9.17, 15) is 14.4 Å². The second kappa shape index (κ2) is 14.2. The fourth-order valence-corrected chi connectivity index (χ4v) is 4.85. The third kappa shape index (κ3) is 12.1. The number of benzene rings is 1. The number of rotatable bonds is 9. The lowest BCUT2D eigenvalue weighted by molar-refractivity contribution is 0.0635. The number of carbonyl (C=O) groups is 3. The van der Waals surface area contributed by atoms with E-state index in [0.29, 0.717) is 18.6 Å². The molecule has 0 fully saturated rings. The van der Waals surface area contributed by atoms with Crippen LogP contribution in [0.4, 0.5) is 10.6 Å². The average molecular weight is 524 g/mol. The highest BCUT2D eigenvalue weighted by Crippen LogP contribution is 2.32. The molecule has 2 rings (SSSR count). The van der Waals surface area contributed by atoms with Gasteiger partial charge in [-0.2, -0.15) is 0 Å². The Labute approximate surface area is 216 Å². The number of aldehydes is 1. The molecule has 2 amide bonds. The Morgan fingerprint density at radius 2 is 1.89 bits per heavy atom. The summed E-state index contributed by atoms with van der Waals surface area (Å²) in [5.41, 5.74) is 1.28. The van der Waals surface area contributed by atoms with E-state index in [-0.39, 0.29) is 16.5 Å².